The van der Waals surface area contributed by atoms with E-state index in [9.17, 15) is 0 Å². The van der Waals surface area contributed by atoms with Crippen LogP contribution in [0, 0.1) is 5.92 Å². The van der Waals surface area contributed by atoms with Gasteiger partial charge in [0, 0.05) is 25.8 Å². The quantitative estimate of drug-likeness (QED) is 0.672. The van der Waals surface area contributed by atoms with Gasteiger partial charge in [0.1, 0.15) is 0 Å². The Morgan fingerprint density at radius 2 is 2.00 bits per heavy atom. The highest BCUT2D eigenvalue weighted by atomic mass is 16.5. The van der Waals surface area contributed by atoms with E-state index in [1.165, 1.54) is 38.9 Å². The summed E-state index contributed by atoms with van der Waals surface area (Å²) in [7, 11) is 2.07. The van der Waals surface area contributed by atoms with Crippen molar-refractivity contribution in [2.75, 3.05) is 39.9 Å². The molecule has 0 aliphatic carbocycles. The van der Waals surface area contributed by atoms with Gasteiger partial charge in [0.05, 0.1) is 0 Å². The van der Waals surface area contributed by atoms with Crippen LogP contribution in [-0.4, -0.2) is 50.8 Å². The van der Waals surface area contributed by atoms with Crippen molar-refractivity contribution in [3.63, 3.8) is 0 Å². The van der Waals surface area contributed by atoms with E-state index in [2.05, 4.69) is 31.1 Å². The molecule has 0 amide bonds. The maximum atomic E-state index is 5.59. The van der Waals surface area contributed by atoms with Crippen LogP contribution in [0.3, 0.4) is 0 Å². The van der Waals surface area contributed by atoms with E-state index < -0.39 is 0 Å². The molecule has 0 aromatic heterocycles. The highest BCUT2D eigenvalue weighted by molar-refractivity contribution is 4.75. The molecule has 0 spiro atoms. The number of hydrogen-bond donors (Lipinski definition) is 1. The molecule has 0 bridgehead atoms. The Kier molecular flexibility index (Phi) is 7.01. The summed E-state index contributed by atoms with van der Waals surface area (Å²) < 4.78 is 5.59. The summed E-state index contributed by atoms with van der Waals surface area (Å²) >= 11 is 0. The lowest BCUT2D eigenvalue weighted by Crippen LogP contribution is -2.41. The third kappa shape index (κ3) is 5.83. The van der Waals surface area contributed by atoms with Gasteiger partial charge in [-0.3, -0.25) is 0 Å². The normalized spacial score (nSPS) is 19.5. The molecule has 0 aromatic carbocycles. The van der Waals surface area contributed by atoms with E-state index in [-0.39, 0.29) is 0 Å². The predicted molar refractivity (Wildman–Crippen MR) is 68.8 cm³/mol. The molecule has 3 nitrogen and oxygen atoms in total. The molecule has 1 fully saturated rings. The SMILES string of the molecule is CNC1CCN(CCCOCC(C)C)CC1. The van der Waals surface area contributed by atoms with Crippen molar-refractivity contribution in [3.8, 4) is 0 Å². The molecule has 1 rings (SSSR count). The molecular formula is C13H28N2O. The van der Waals surface area contributed by atoms with E-state index in [4.69, 9.17) is 4.74 Å². The zero-order valence-corrected chi connectivity index (χ0v) is 11.2. The first-order chi connectivity index (χ1) is 7.72. The molecule has 1 heterocycles. The molecule has 0 unspecified atom stereocenters. The lowest BCUT2D eigenvalue weighted by atomic mass is 10.1. The van der Waals surface area contributed by atoms with Gasteiger partial charge in [-0.2, -0.15) is 0 Å². The van der Waals surface area contributed by atoms with Gasteiger partial charge in [-0.25, -0.2) is 0 Å². The third-order valence-corrected chi connectivity index (χ3v) is 3.21. The van der Waals surface area contributed by atoms with Crippen LogP contribution in [0.4, 0.5) is 0 Å². The van der Waals surface area contributed by atoms with Gasteiger partial charge in [0.15, 0.2) is 0 Å². The lowest BCUT2D eigenvalue weighted by molar-refractivity contribution is 0.0953. The fourth-order valence-corrected chi connectivity index (χ4v) is 2.15. The number of nitrogens with zero attached hydrogens (tertiary/aromatic N) is 1. The molecular weight excluding hydrogens is 200 g/mol. The van der Waals surface area contributed by atoms with Crippen molar-refractivity contribution in [2.45, 2.75) is 39.2 Å². The Hall–Kier alpha value is -0.120. The summed E-state index contributed by atoms with van der Waals surface area (Å²) in [6, 6.07) is 0.744. The summed E-state index contributed by atoms with van der Waals surface area (Å²) in [6.45, 7) is 9.91. The Bertz CT molecular complexity index is 165. The van der Waals surface area contributed by atoms with Gasteiger partial charge >= 0.3 is 0 Å². The first-order valence-electron chi connectivity index (χ1n) is 6.69. The molecule has 0 saturated carbocycles. The molecule has 0 radical (unpaired) electrons. The van der Waals surface area contributed by atoms with Gasteiger partial charge in [0.25, 0.3) is 0 Å². The minimum Gasteiger partial charge on any atom is -0.381 e. The summed E-state index contributed by atoms with van der Waals surface area (Å²) in [6.07, 6.45) is 3.77. The number of hydrogen-bond acceptors (Lipinski definition) is 3. The fourth-order valence-electron chi connectivity index (χ4n) is 2.15. The van der Waals surface area contributed by atoms with Crippen molar-refractivity contribution in [1.29, 1.82) is 0 Å². The first kappa shape index (κ1) is 13.9. The van der Waals surface area contributed by atoms with E-state index in [0.29, 0.717) is 5.92 Å². The monoisotopic (exact) mass is 228 g/mol. The number of piperidine rings is 1. The maximum Gasteiger partial charge on any atom is 0.0489 e. The summed E-state index contributed by atoms with van der Waals surface area (Å²) in [5.41, 5.74) is 0. The van der Waals surface area contributed by atoms with Gasteiger partial charge in [0.2, 0.25) is 0 Å². The highest BCUT2D eigenvalue weighted by Gasteiger charge is 2.16. The van der Waals surface area contributed by atoms with E-state index in [1.807, 2.05) is 0 Å². The summed E-state index contributed by atoms with van der Waals surface area (Å²) in [4.78, 5) is 2.56. The van der Waals surface area contributed by atoms with Crippen molar-refractivity contribution in [2.24, 2.45) is 5.92 Å². The van der Waals surface area contributed by atoms with Gasteiger partial charge < -0.3 is 15.0 Å². The topological polar surface area (TPSA) is 24.5 Å². The average molecular weight is 228 g/mol. The Balaban J connectivity index is 1.94. The fraction of sp³-hybridized carbons (Fsp3) is 1.00. The average Bonchev–Trinajstić information content (AvgIpc) is 2.29. The zero-order valence-electron chi connectivity index (χ0n) is 11.2. The van der Waals surface area contributed by atoms with Crippen LogP contribution in [0.25, 0.3) is 0 Å². The van der Waals surface area contributed by atoms with Gasteiger partial charge in [-0.1, -0.05) is 13.8 Å². The Morgan fingerprint density at radius 3 is 2.56 bits per heavy atom. The second-order valence-electron chi connectivity index (χ2n) is 5.23. The molecule has 1 saturated heterocycles. The van der Waals surface area contributed by atoms with Crippen molar-refractivity contribution < 1.29 is 4.74 Å². The first-order valence-corrected chi connectivity index (χ1v) is 6.69. The van der Waals surface area contributed by atoms with E-state index in [1.54, 1.807) is 0 Å². The summed E-state index contributed by atoms with van der Waals surface area (Å²) in [5, 5.41) is 3.36. The van der Waals surface area contributed by atoms with Crippen LogP contribution in [0.15, 0.2) is 0 Å². The largest absolute Gasteiger partial charge is 0.381 e. The van der Waals surface area contributed by atoms with Crippen molar-refractivity contribution in [3.05, 3.63) is 0 Å². The van der Waals surface area contributed by atoms with Crippen LogP contribution in [-0.2, 0) is 4.74 Å². The van der Waals surface area contributed by atoms with Crippen LogP contribution in [0.1, 0.15) is 33.1 Å². The molecule has 96 valence electrons. The number of ether oxygens (including phenoxy) is 1. The number of rotatable bonds is 7. The highest BCUT2D eigenvalue weighted by Crippen LogP contribution is 2.09. The Morgan fingerprint density at radius 1 is 1.31 bits per heavy atom. The van der Waals surface area contributed by atoms with Gasteiger partial charge in [-0.05, 0) is 45.3 Å². The molecule has 1 aliphatic heterocycles. The van der Waals surface area contributed by atoms with Gasteiger partial charge in [-0.15, -0.1) is 0 Å². The zero-order chi connectivity index (χ0) is 11.8. The predicted octanol–water partition coefficient (Wildman–Crippen LogP) is 1.73. The molecule has 16 heavy (non-hydrogen) atoms. The minimum atomic E-state index is 0.659. The molecule has 3 heteroatoms. The molecule has 0 atom stereocenters. The third-order valence-electron chi connectivity index (χ3n) is 3.21. The molecule has 0 aromatic rings. The maximum absolute atomic E-state index is 5.59. The van der Waals surface area contributed by atoms with Crippen LogP contribution in [0.2, 0.25) is 0 Å². The van der Waals surface area contributed by atoms with Crippen LogP contribution in [0.5, 0.6) is 0 Å². The molecule has 1 aliphatic rings. The van der Waals surface area contributed by atoms with E-state index in [0.717, 1.165) is 19.3 Å². The van der Waals surface area contributed by atoms with Crippen LogP contribution >= 0.6 is 0 Å². The summed E-state index contributed by atoms with van der Waals surface area (Å²) in [5.74, 6) is 0.659. The smallest absolute Gasteiger partial charge is 0.0489 e. The minimum absolute atomic E-state index is 0.659. The van der Waals surface area contributed by atoms with Crippen LogP contribution < -0.4 is 5.32 Å². The number of nitrogens with one attached hydrogen (secondary N) is 1. The standard InChI is InChI=1S/C13H28N2O/c1-12(2)11-16-10-4-7-15-8-5-13(14-3)6-9-15/h12-14H,4-11H2,1-3H3. The lowest BCUT2D eigenvalue weighted by Gasteiger charge is -2.31. The molecule has 1 N–H and O–H groups in total. The van der Waals surface area contributed by atoms with Crippen molar-refractivity contribution >= 4 is 0 Å². The van der Waals surface area contributed by atoms with E-state index >= 15 is 0 Å². The Labute approximate surface area is 101 Å². The second kappa shape index (κ2) is 8.04. The number of likely N-dealkylation sites (tertiary alicyclic amines) is 1. The second-order valence-corrected chi connectivity index (χ2v) is 5.23. The van der Waals surface area contributed by atoms with Crippen molar-refractivity contribution in [1.82, 2.24) is 10.2 Å².